The van der Waals surface area contributed by atoms with Crippen molar-refractivity contribution >= 4 is 0 Å². The van der Waals surface area contributed by atoms with Crippen molar-refractivity contribution < 1.29 is 18.6 Å². The number of nitrogens with zero attached hydrogens (tertiary/aromatic N) is 1. The minimum Gasteiger partial charge on any atom is -0.504 e. The molecule has 0 bridgehead atoms. The summed E-state index contributed by atoms with van der Waals surface area (Å²) in [4.78, 5) is 1.55. The minimum absolute atomic E-state index is 0.0416. The van der Waals surface area contributed by atoms with Crippen LogP contribution in [-0.2, 0) is 0 Å². The summed E-state index contributed by atoms with van der Waals surface area (Å²) in [6, 6.07) is 4.69. The quantitative estimate of drug-likeness (QED) is 0.865. The zero-order valence-corrected chi connectivity index (χ0v) is 10.2. The van der Waals surface area contributed by atoms with E-state index in [1.165, 1.54) is 13.2 Å². The van der Waals surface area contributed by atoms with Crippen molar-refractivity contribution in [1.29, 1.82) is 0 Å². The van der Waals surface area contributed by atoms with Crippen LogP contribution >= 0.6 is 0 Å². The second-order valence-corrected chi connectivity index (χ2v) is 3.94. The van der Waals surface area contributed by atoms with Crippen molar-refractivity contribution in [2.45, 2.75) is 19.4 Å². The maximum Gasteiger partial charge on any atom is 0.251 e. The SMILES string of the molecule is COc1cc(C(C)N(C)CC(F)F)ccc1O. The van der Waals surface area contributed by atoms with Crippen LogP contribution in [0, 0.1) is 0 Å². The number of hydrogen-bond acceptors (Lipinski definition) is 3. The number of rotatable bonds is 5. The average Bonchev–Trinajstić information content (AvgIpc) is 2.27. The number of phenolic OH excluding ortho intramolecular Hbond substituents is 1. The van der Waals surface area contributed by atoms with Crippen LogP contribution in [0.15, 0.2) is 18.2 Å². The molecule has 0 aromatic heterocycles. The smallest absolute Gasteiger partial charge is 0.251 e. The Hall–Kier alpha value is -1.36. The minimum atomic E-state index is -2.36. The first-order valence-corrected chi connectivity index (χ1v) is 5.31. The van der Waals surface area contributed by atoms with Crippen molar-refractivity contribution in [3.63, 3.8) is 0 Å². The number of ether oxygens (including phenoxy) is 1. The maximum atomic E-state index is 12.3. The van der Waals surface area contributed by atoms with Crippen molar-refractivity contribution in [1.82, 2.24) is 4.90 Å². The zero-order chi connectivity index (χ0) is 13.0. The summed E-state index contributed by atoms with van der Waals surface area (Å²) >= 11 is 0. The van der Waals surface area contributed by atoms with E-state index in [4.69, 9.17) is 4.74 Å². The van der Waals surface area contributed by atoms with Gasteiger partial charge in [0.25, 0.3) is 6.43 Å². The van der Waals surface area contributed by atoms with Gasteiger partial charge in [-0.1, -0.05) is 6.07 Å². The van der Waals surface area contributed by atoms with Gasteiger partial charge in [0.05, 0.1) is 13.7 Å². The molecule has 3 nitrogen and oxygen atoms in total. The van der Waals surface area contributed by atoms with Gasteiger partial charge in [-0.25, -0.2) is 8.78 Å². The highest BCUT2D eigenvalue weighted by Crippen LogP contribution is 2.30. The van der Waals surface area contributed by atoms with Crippen molar-refractivity contribution in [3.8, 4) is 11.5 Å². The Morgan fingerprint density at radius 3 is 2.59 bits per heavy atom. The molecule has 1 N–H and O–H groups in total. The number of phenols is 1. The van der Waals surface area contributed by atoms with Crippen LogP contribution in [-0.4, -0.2) is 37.1 Å². The lowest BCUT2D eigenvalue weighted by molar-refractivity contribution is 0.0842. The van der Waals surface area contributed by atoms with Crippen LogP contribution in [0.4, 0.5) is 8.78 Å². The summed E-state index contributed by atoms with van der Waals surface area (Å²) < 4.78 is 29.5. The Morgan fingerprint density at radius 1 is 1.41 bits per heavy atom. The molecule has 1 aromatic carbocycles. The largest absolute Gasteiger partial charge is 0.504 e. The Labute approximate surface area is 99.6 Å². The van der Waals surface area contributed by atoms with Crippen molar-refractivity contribution in [2.75, 3.05) is 20.7 Å². The molecule has 1 aromatic rings. The first-order chi connectivity index (χ1) is 7.95. The van der Waals surface area contributed by atoms with Crippen LogP contribution in [0.3, 0.4) is 0 Å². The van der Waals surface area contributed by atoms with Crippen molar-refractivity contribution in [2.24, 2.45) is 0 Å². The fraction of sp³-hybridized carbons (Fsp3) is 0.500. The van der Waals surface area contributed by atoms with Crippen LogP contribution < -0.4 is 4.74 Å². The number of hydrogen-bond donors (Lipinski definition) is 1. The Balaban J connectivity index is 2.84. The number of halogens is 2. The molecule has 96 valence electrons. The van der Waals surface area contributed by atoms with Gasteiger partial charge in [0.1, 0.15) is 0 Å². The predicted molar refractivity (Wildman–Crippen MR) is 61.7 cm³/mol. The molecule has 0 aliphatic carbocycles. The topological polar surface area (TPSA) is 32.7 Å². The van der Waals surface area contributed by atoms with Gasteiger partial charge in [-0.15, -0.1) is 0 Å². The molecule has 0 aliphatic rings. The van der Waals surface area contributed by atoms with Crippen LogP contribution in [0.1, 0.15) is 18.5 Å². The summed E-state index contributed by atoms with van der Waals surface area (Å²) in [5, 5.41) is 9.44. The second-order valence-electron chi connectivity index (χ2n) is 3.94. The fourth-order valence-electron chi connectivity index (χ4n) is 1.58. The molecule has 0 fully saturated rings. The Bertz CT molecular complexity index is 372. The van der Waals surface area contributed by atoms with E-state index in [0.717, 1.165) is 5.56 Å². The van der Waals surface area contributed by atoms with Gasteiger partial charge in [-0.05, 0) is 31.7 Å². The van der Waals surface area contributed by atoms with Gasteiger partial charge in [0, 0.05) is 6.04 Å². The van der Waals surface area contributed by atoms with E-state index >= 15 is 0 Å². The van der Waals surface area contributed by atoms with E-state index in [0.29, 0.717) is 5.75 Å². The maximum absolute atomic E-state index is 12.3. The summed E-state index contributed by atoms with van der Waals surface area (Å²) in [5.74, 6) is 0.389. The molecule has 1 rings (SSSR count). The number of aromatic hydroxyl groups is 1. The van der Waals surface area contributed by atoms with E-state index in [9.17, 15) is 13.9 Å². The monoisotopic (exact) mass is 245 g/mol. The normalized spacial score (nSPS) is 13.1. The highest BCUT2D eigenvalue weighted by molar-refractivity contribution is 5.42. The molecule has 0 spiro atoms. The highest BCUT2D eigenvalue weighted by atomic mass is 19.3. The third kappa shape index (κ3) is 3.56. The lowest BCUT2D eigenvalue weighted by Crippen LogP contribution is -2.27. The standard InChI is InChI=1S/C12H17F2NO2/c1-8(15(2)7-12(13)14)9-4-5-10(16)11(6-9)17-3/h4-6,8,12,16H,7H2,1-3H3. The van der Waals surface area contributed by atoms with Gasteiger partial charge in [0.2, 0.25) is 0 Å². The van der Waals surface area contributed by atoms with E-state index < -0.39 is 6.43 Å². The fourth-order valence-corrected chi connectivity index (χ4v) is 1.58. The Kier molecular flexibility index (Phi) is 4.69. The summed E-state index contributed by atoms with van der Waals surface area (Å²) in [7, 11) is 3.09. The molecule has 1 unspecified atom stereocenters. The van der Waals surface area contributed by atoms with Crippen molar-refractivity contribution in [3.05, 3.63) is 23.8 Å². The van der Waals surface area contributed by atoms with Gasteiger partial charge in [0.15, 0.2) is 11.5 Å². The van der Waals surface area contributed by atoms with E-state index in [1.807, 2.05) is 6.92 Å². The molecule has 5 heteroatoms. The summed E-state index contributed by atoms with van der Waals surface area (Å²) in [5.41, 5.74) is 0.822. The lowest BCUT2D eigenvalue weighted by atomic mass is 10.1. The van der Waals surface area contributed by atoms with Gasteiger partial charge in [-0.3, -0.25) is 4.90 Å². The molecular formula is C12H17F2NO2. The summed E-state index contributed by atoms with van der Waals surface area (Å²) in [6.07, 6.45) is -2.36. The molecule has 0 aliphatic heterocycles. The first-order valence-electron chi connectivity index (χ1n) is 5.31. The van der Waals surface area contributed by atoms with E-state index in [1.54, 1.807) is 24.1 Å². The zero-order valence-electron chi connectivity index (χ0n) is 10.2. The predicted octanol–water partition coefficient (Wildman–Crippen LogP) is 2.66. The first kappa shape index (κ1) is 13.7. The van der Waals surface area contributed by atoms with Crippen LogP contribution in [0.5, 0.6) is 11.5 Å². The number of benzene rings is 1. The van der Waals surface area contributed by atoms with Gasteiger partial charge < -0.3 is 9.84 Å². The molecule has 17 heavy (non-hydrogen) atoms. The molecule has 0 radical (unpaired) electrons. The molecule has 0 heterocycles. The van der Waals surface area contributed by atoms with E-state index in [-0.39, 0.29) is 18.3 Å². The van der Waals surface area contributed by atoms with Crippen LogP contribution in [0.2, 0.25) is 0 Å². The second kappa shape index (κ2) is 5.82. The van der Waals surface area contributed by atoms with Gasteiger partial charge in [-0.2, -0.15) is 0 Å². The third-order valence-corrected chi connectivity index (χ3v) is 2.77. The number of alkyl halides is 2. The Morgan fingerprint density at radius 2 is 2.06 bits per heavy atom. The molecule has 1 atom stereocenters. The summed E-state index contributed by atoms with van der Waals surface area (Å²) in [6.45, 7) is 1.54. The average molecular weight is 245 g/mol. The third-order valence-electron chi connectivity index (χ3n) is 2.77. The molecule has 0 saturated carbocycles. The molecule has 0 amide bonds. The van der Waals surface area contributed by atoms with E-state index in [2.05, 4.69) is 0 Å². The lowest BCUT2D eigenvalue weighted by Gasteiger charge is -2.25. The highest BCUT2D eigenvalue weighted by Gasteiger charge is 2.17. The van der Waals surface area contributed by atoms with Crippen LogP contribution in [0.25, 0.3) is 0 Å². The van der Waals surface area contributed by atoms with Gasteiger partial charge >= 0.3 is 0 Å². The molecular weight excluding hydrogens is 228 g/mol. The molecule has 0 saturated heterocycles. The number of methoxy groups -OCH3 is 1.